The predicted octanol–water partition coefficient (Wildman–Crippen LogP) is 3.17. The van der Waals surface area contributed by atoms with Crippen molar-refractivity contribution < 1.29 is 17.9 Å². The maximum Gasteiger partial charge on any atom is 0.243 e. The topological polar surface area (TPSA) is 66.9 Å². The molecule has 7 heteroatoms. The number of carbonyl (C=O) groups is 1. The van der Waals surface area contributed by atoms with Crippen LogP contribution >= 0.6 is 0 Å². The van der Waals surface area contributed by atoms with Crippen molar-refractivity contribution in [3.63, 3.8) is 0 Å². The van der Waals surface area contributed by atoms with Crippen molar-refractivity contribution in [3.8, 4) is 5.75 Å². The van der Waals surface area contributed by atoms with Crippen LogP contribution < -0.4 is 4.74 Å². The van der Waals surface area contributed by atoms with Crippen LogP contribution in [0.15, 0.2) is 29.2 Å². The standard InChI is InChI=1S/C21H30N2O4S/c1-27-18-10-7-11-19(14-18)28(25,26)22-15-20(24)23(17-8-3-4-9-17)21(16-22)12-5-2-6-13-21/h7,10-11,14,17H,2-6,8-9,12-13,15-16H2,1H3. The molecule has 1 spiro atoms. The Morgan fingerprint density at radius 3 is 2.46 bits per heavy atom. The molecule has 0 N–H and O–H groups in total. The van der Waals surface area contributed by atoms with Gasteiger partial charge in [0.2, 0.25) is 15.9 Å². The summed E-state index contributed by atoms with van der Waals surface area (Å²) in [6, 6.07) is 6.81. The number of rotatable bonds is 4. The van der Waals surface area contributed by atoms with Gasteiger partial charge in [-0.25, -0.2) is 8.42 Å². The highest BCUT2D eigenvalue weighted by atomic mass is 32.2. The first-order chi connectivity index (χ1) is 13.5. The van der Waals surface area contributed by atoms with Crippen molar-refractivity contribution in [1.29, 1.82) is 0 Å². The second-order valence-corrected chi connectivity index (χ2v) is 10.4. The third-order valence-corrected chi connectivity index (χ3v) is 8.50. The number of hydrogen-bond acceptors (Lipinski definition) is 4. The zero-order valence-corrected chi connectivity index (χ0v) is 17.4. The summed E-state index contributed by atoms with van der Waals surface area (Å²) in [4.78, 5) is 15.6. The van der Waals surface area contributed by atoms with Gasteiger partial charge in [0.1, 0.15) is 5.75 Å². The first kappa shape index (κ1) is 19.7. The van der Waals surface area contributed by atoms with Gasteiger partial charge in [-0.2, -0.15) is 4.31 Å². The molecule has 1 amide bonds. The molecule has 3 aliphatic rings. The van der Waals surface area contributed by atoms with Gasteiger partial charge in [0.05, 0.1) is 24.1 Å². The number of carbonyl (C=O) groups excluding carboxylic acids is 1. The van der Waals surface area contributed by atoms with Gasteiger partial charge >= 0.3 is 0 Å². The fraction of sp³-hybridized carbons (Fsp3) is 0.667. The maximum atomic E-state index is 13.4. The van der Waals surface area contributed by atoms with Gasteiger partial charge in [-0.1, -0.05) is 38.2 Å². The lowest BCUT2D eigenvalue weighted by Gasteiger charge is -2.54. The number of amides is 1. The molecule has 1 saturated heterocycles. The average Bonchev–Trinajstić information content (AvgIpc) is 3.22. The van der Waals surface area contributed by atoms with Crippen molar-refractivity contribution in [2.45, 2.75) is 74.3 Å². The van der Waals surface area contributed by atoms with Crippen molar-refractivity contribution >= 4 is 15.9 Å². The Morgan fingerprint density at radius 2 is 1.79 bits per heavy atom. The molecule has 0 bridgehead atoms. The molecule has 3 fully saturated rings. The SMILES string of the molecule is COc1cccc(S(=O)(=O)N2CC(=O)N(C3CCCC3)C3(CCCCC3)C2)c1. The van der Waals surface area contributed by atoms with Crippen LogP contribution in [0.5, 0.6) is 5.75 Å². The zero-order valence-electron chi connectivity index (χ0n) is 16.6. The molecule has 2 saturated carbocycles. The fourth-order valence-electron chi connectivity index (χ4n) is 5.39. The minimum atomic E-state index is -3.74. The summed E-state index contributed by atoms with van der Waals surface area (Å²) in [7, 11) is -2.22. The third kappa shape index (κ3) is 3.43. The number of piperazine rings is 1. The summed E-state index contributed by atoms with van der Waals surface area (Å²) >= 11 is 0. The molecule has 6 nitrogen and oxygen atoms in total. The Hall–Kier alpha value is -1.60. The monoisotopic (exact) mass is 406 g/mol. The van der Waals surface area contributed by atoms with E-state index in [0.717, 1.165) is 57.8 Å². The Bertz CT molecular complexity index is 827. The van der Waals surface area contributed by atoms with E-state index in [0.29, 0.717) is 12.3 Å². The lowest BCUT2D eigenvalue weighted by molar-refractivity contribution is -0.150. The van der Waals surface area contributed by atoms with Gasteiger partial charge in [-0.3, -0.25) is 4.79 Å². The van der Waals surface area contributed by atoms with Gasteiger partial charge in [0, 0.05) is 18.7 Å². The second-order valence-electron chi connectivity index (χ2n) is 8.44. The third-order valence-electron chi connectivity index (χ3n) is 6.72. The highest BCUT2D eigenvalue weighted by molar-refractivity contribution is 7.89. The Balaban J connectivity index is 1.67. The number of ether oxygens (including phenoxy) is 1. The van der Waals surface area contributed by atoms with Crippen molar-refractivity contribution in [2.24, 2.45) is 0 Å². The van der Waals surface area contributed by atoms with E-state index in [1.54, 1.807) is 18.2 Å². The Kier molecular flexibility index (Phi) is 5.40. The molecular formula is C21H30N2O4S. The largest absolute Gasteiger partial charge is 0.497 e. The van der Waals surface area contributed by atoms with E-state index in [4.69, 9.17) is 4.74 Å². The van der Waals surface area contributed by atoms with E-state index in [9.17, 15) is 13.2 Å². The van der Waals surface area contributed by atoms with E-state index in [1.165, 1.54) is 17.5 Å². The van der Waals surface area contributed by atoms with Crippen LogP contribution in [-0.2, 0) is 14.8 Å². The van der Waals surface area contributed by atoms with Crippen LogP contribution in [0, 0.1) is 0 Å². The highest BCUT2D eigenvalue weighted by Crippen LogP contribution is 2.42. The smallest absolute Gasteiger partial charge is 0.243 e. The molecule has 4 rings (SSSR count). The van der Waals surface area contributed by atoms with Crippen LogP contribution in [-0.4, -0.2) is 55.3 Å². The Labute approximate surface area is 167 Å². The maximum absolute atomic E-state index is 13.4. The van der Waals surface area contributed by atoms with Crippen LogP contribution in [0.25, 0.3) is 0 Å². The summed E-state index contributed by atoms with van der Waals surface area (Å²) in [5, 5.41) is 0. The van der Waals surface area contributed by atoms with Crippen LogP contribution in [0.3, 0.4) is 0 Å². The molecule has 1 aliphatic heterocycles. The van der Waals surface area contributed by atoms with E-state index < -0.39 is 10.0 Å². The van der Waals surface area contributed by atoms with Crippen LogP contribution in [0.2, 0.25) is 0 Å². The molecule has 1 aromatic carbocycles. The zero-order chi connectivity index (χ0) is 19.8. The van der Waals surface area contributed by atoms with Gasteiger partial charge in [0.25, 0.3) is 0 Å². The van der Waals surface area contributed by atoms with Crippen molar-refractivity contribution in [3.05, 3.63) is 24.3 Å². The molecule has 0 radical (unpaired) electrons. The van der Waals surface area contributed by atoms with Gasteiger partial charge in [-0.15, -0.1) is 0 Å². The molecule has 0 atom stereocenters. The van der Waals surface area contributed by atoms with Gasteiger partial charge in [-0.05, 0) is 37.8 Å². The lowest BCUT2D eigenvalue weighted by Crippen LogP contribution is -2.68. The molecular weight excluding hydrogens is 376 g/mol. The van der Waals surface area contributed by atoms with E-state index in [-0.39, 0.29) is 28.9 Å². The first-order valence-corrected chi connectivity index (χ1v) is 11.9. The van der Waals surface area contributed by atoms with Crippen molar-refractivity contribution in [1.82, 2.24) is 9.21 Å². The minimum absolute atomic E-state index is 0.0217. The first-order valence-electron chi connectivity index (χ1n) is 10.4. The molecule has 154 valence electrons. The highest BCUT2D eigenvalue weighted by Gasteiger charge is 2.51. The summed E-state index contributed by atoms with van der Waals surface area (Å²) in [5.74, 6) is 0.482. The number of methoxy groups -OCH3 is 1. The van der Waals surface area contributed by atoms with Crippen LogP contribution in [0.4, 0.5) is 0 Å². The predicted molar refractivity (Wildman–Crippen MR) is 107 cm³/mol. The quantitative estimate of drug-likeness (QED) is 0.770. The molecule has 0 unspecified atom stereocenters. The second kappa shape index (κ2) is 7.67. The number of benzene rings is 1. The van der Waals surface area contributed by atoms with Crippen molar-refractivity contribution in [2.75, 3.05) is 20.2 Å². The van der Waals surface area contributed by atoms with Gasteiger partial charge < -0.3 is 9.64 Å². The number of nitrogens with zero attached hydrogens (tertiary/aromatic N) is 2. The molecule has 28 heavy (non-hydrogen) atoms. The van der Waals surface area contributed by atoms with Gasteiger partial charge in [0.15, 0.2) is 0 Å². The average molecular weight is 407 g/mol. The lowest BCUT2D eigenvalue weighted by atomic mass is 9.78. The summed E-state index contributed by atoms with van der Waals surface area (Å²) in [6.45, 7) is 0.354. The molecule has 1 heterocycles. The van der Waals surface area contributed by atoms with E-state index in [2.05, 4.69) is 4.90 Å². The number of sulfonamides is 1. The molecule has 2 aliphatic carbocycles. The molecule has 1 aromatic rings. The molecule has 0 aromatic heterocycles. The summed E-state index contributed by atoms with van der Waals surface area (Å²) in [6.07, 6.45) is 9.52. The number of hydrogen-bond donors (Lipinski definition) is 0. The van der Waals surface area contributed by atoms with Crippen LogP contribution in [0.1, 0.15) is 57.8 Å². The minimum Gasteiger partial charge on any atom is -0.497 e. The van der Waals surface area contributed by atoms with E-state index >= 15 is 0 Å². The summed E-state index contributed by atoms with van der Waals surface area (Å²) < 4.78 is 33.3. The van der Waals surface area contributed by atoms with E-state index in [1.807, 2.05) is 0 Å². The Morgan fingerprint density at radius 1 is 1.07 bits per heavy atom. The summed E-state index contributed by atoms with van der Waals surface area (Å²) in [5.41, 5.74) is -0.339. The normalized spacial score (nSPS) is 24.0. The fourth-order valence-corrected chi connectivity index (χ4v) is 6.90.